The van der Waals surface area contributed by atoms with Crippen molar-refractivity contribution in [3.05, 3.63) is 20.8 Å². The van der Waals surface area contributed by atoms with E-state index in [1.54, 1.807) is 0 Å². The lowest BCUT2D eigenvalue weighted by Crippen LogP contribution is -2.61. The summed E-state index contributed by atoms with van der Waals surface area (Å²) in [6.45, 7) is 11.4. The summed E-state index contributed by atoms with van der Waals surface area (Å²) in [6.07, 6.45) is 3.45. The second-order valence-electron chi connectivity index (χ2n) is 5.22. The lowest BCUT2D eigenvalue weighted by Gasteiger charge is -2.48. The minimum atomic E-state index is 0.238. The Labute approximate surface area is 137 Å². The topological polar surface area (TPSA) is 15.3 Å². The second kappa shape index (κ2) is 8.52. The van der Waals surface area contributed by atoms with Crippen LogP contribution in [0, 0.1) is 0 Å². The van der Waals surface area contributed by atoms with E-state index in [4.69, 9.17) is 0 Å². The molecule has 0 saturated carbocycles. The first-order valence-electron chi connectivity index (χ1n) is 7.73. The molecule has 0 aliphatic heterocycles. The van der Waals surface area contributed by atoms with Crippen LogP contribution in [-0.4, -0.2) is 36.6 Å². The van der Waals surface area contributed by atoms with Gasteiger partial charge in [-0.1, -0.05) is 27.7 Å². The van der Waals surface area contributed by atoms with Crippen LogP contribution in [0.25, 0.3) is 0 Å². The normalized spacial score (nSPS) is 13.9. The average Bonchev–Trinajstić information content (AvgIpc) is 2.88. The fourth-order valence-electron chi connectivity index (χ4n) is 3.48. The van der Waals surface area contributed by atoms with Gasteiger partial charge in [0.1, 0.15) is 0 Å². The van der Waals surface area contributed by atoms with Gasteiger partial charge < -0.3 is 5.32 Å². The first-order chi connectivity index (χ1) is 9.59. The summed E-state index contributed by atoms with van der Waals surface area (Å²) in [6, 6.07) is 2.64. The largest absolute Gasteiger partial charge is 0.315 e. The van der Waals surface area contributed by atoms with Crippen molar-refractivity contribution in [3.8, 4) is 0 Å². The van der Waals surface area contributed by atoms with Gasteiger partial charge in [0, 0.05) is 20.9 Å². The lowest BCUT2D eigenvalue weighted by atomic mass is 9.80. The van der Waals surface area contributed by atoms with Gasteiger partial charge in [0.2, 0.25) is 0 Å². The number of rotatable bonds is 9. The average molecular weight is 361 g/mol. The smallest absolute Gasteiger partial charge is 0.0360 e. The molecule has 0 spiro atoms. The molecule has 1 atom stereocenters. The summed E-state index contributed by atoms with van der Waals surface area (Å²) in [5.74, 6) is 0. The summed E-state index contributed by atoms with van der Waals surface area (Å²) >= 11 is 5.53. The van der Waals surface area contributed by atoms with Gasteiger partial charge >= 0.3 is 0 Å². The van der Waals surface area contributed by atoms with Crippen LogP contribution in [0.4, 0.5) is 0 Å². The zero-order chi connectivity index (χ0) is 15.2. The maximum Gasteiger partial charge on any atom is 0.0360 e. The highest BCUT2D eigenvalue weighted by Gasteiger charge is 2.39. The van der Waals surface area contributed by atoms with Crippen LogP contribution in [0.2, 0.25) is 0 Å². The van der Waals surface area contributed by atoms with Gasteiger partial charge in [0.05, 0.1) is 0 Å². The number of likely N-dealkylation sites (N-methyl/N-ethyl adjacent to an activating group) is 2. The molecule has 1 heterocycles. The number of thiophene rings is 1. The maximum atomic E-state index is 3.67. The molecule has 116 valence electrons. The fraction of sp³-hybridized carbons (Fsp3) is 0.750. The Morgan fingerprint density at radius 2 is 1.85 bits per heavy atom. The molecule has 0 aromatic carbocycles. The summed E-state index contributed by atoms with van der Waals surface area (Å²) in [4.78, 5) is 4.08. The highest BCUT2D eigenvalue weighted by molar-refractivity contribution is 9.10. The van der Waals surface area contributed by atoms with E-state index in [0.29, 0.717) is 6.04 Å². The number of hydrogen-bond donors (Lipinski definition) is 1. The van der Waals surface area contributed by atoms with Crippen LogP contribution in [-0.2, 0) is 6.42 Å². The Kier molecular flexibility index (Phi) is 7.73. The predicted molar refractivity (Wildman–Crippen MR) is 94.8 cm³/mol. The third-order valence-corrected chi connectivity index (χ3v) is 6.64. The van der Waals surface area contributed by atoms with Crippen LogP contribution in [0.3, 0.4) is 0 Å². The Hall–Kier alpha value is 0.1000. The summed E-state index contributed by atoms with van der Waals surface area (Å²) < 4.78 is 1.25. The van der Waals surface area contributed by atoms with Crippen molar-refractivity contribution in [2.24, 2.45) is 0 Å². The molecule has 0 saturated heterocycles. The van der Waals surface area contributed by atoms with Crippen molar-refractivity contribution < 1.29 is 0 Å². The molecular weight excluding hydrogens is 332 g/mol. The van der Waals surface area contributed by atoms with Crippen molar-refractivity contribution in [2.75, 3.05) is 20.1 Å². The van der Waals surface area contributed by atoms with Gasteiger partial charge in [-0.05, 0) is 66.8 Å². The van der Waals surface area contributed by atoms with E-state index in [1.807, 2.05) is 11.3 Å². The summed E-state index contributed by atoms with van der Waals surface area (Å²) in [5, 5.41) is 5.77. The van der Waals surface area contributed by atoms with Crippen molar-refractivity contribution in [1.29, 1.82) is 0 Å². The van der Waals surface area contributed by atoms with Gasteiger partial charge in [0.15, 0.2) is 0 Å². The van der Waals surface area contributed by atoms with Gasteiger partial charge in [-0.15, -0.1) is 11.3 Å². The van der Waals surface area contributed by atoms with Crippen molar-refractivity contribution in [2.45, 2.75) is 58.5 Å². The van der Waals surface area contributed by atoms with Gasteiger partial charge in [-0.2, -0.15) is 0 Å². The number of halogens is 1. The Morgan fingerprint density at radius 1 is 1.25 bits per heavy atom. The highest BCUT2D eigenvalue weighted by atomic mass is 79.9. The van der Waals surface area contributed by atoms with E-state index < -0.39 is 0 Å². The molecule has 0 aliphatic carbocycles. The molecule has 2 nitrogen and oxygen atoms in total. The predicted octanol–water partition coefficient (Wildman–Crippen LogP) is 4.54. The molecule has 1 rings (SSSR count). The molecule has 1 aromatic heterocycles. The van der Waals surface area contributed by atoms with Crippen LogP contribution >= 0.6 is 27.3 Å². The highest BCUT2D eigenvalue weighted by Crippen LogP contribution is 2.33. The summed E-state index contributed by atoms with van der Waals surface area (Å²) in [7, 11) is 2.11. The van der Waals surface area contributed by atoms with Gasteiger partial charge in [-0.3, -0.25) is 4.90 Å². The molecular formula is C16H29BrN2S. The van der Waals surface area contributed by atoms with E-state index >= 15 is 0 Å². The van der Waals surface area contributed by atoms with Gasteiger partial charge in [-0.25, -0.2) is 0 Å². The molecule has 0 aliphatic rings. The van der Waals surface area contributed by atoms with E-state index in [2.05, 4.69) is 72.3 Å². The number of hydrogen-bond acceptors (Lipinski definition) is 3. The van der Waals surface area contributed by atoms with Crippen LogP contribution in [0.1, 0.15) is 45.4 Å². The van der Waals surface area contributed by atoms with Gasteiger partial charge in [0.25, 0.3) is 0 Å². The fourth-order valence-corrected chi connectivity index (χ4v) is 5.04. The van der Waals surface area contributed by atoms with E-state index in [0.717, 1.165) is 19.5 Å². The molecule has 4 heteroatoms. The summed E-state index contributed by atoms with van der Waals surface area (Å²) in [5.41, 5.74) is 0.238. The van der Waals surface area contributed by atoms with E-state index in [-0.39, 0.29) is 5.54 Å². The minimum absolute atomic E-state index is 0.238. The lowest BCUT2D eigenvalue weighted by molar-refractivity contribution is 0.0522. The second-order valence-corrected chi connectivity index (χ2v) is 7.08. The molecule has 20 heavy (non-hydrogen) atoms. The monoisotopic (exact) mass is 360 g/mol. The van der Waals surface area contributed by atoms with Crippen molar-refractivity contribution >= 4 is 27.3 Å². The molecule has 1 N–H and O–H groups in total. The van der Waals surface area contributed by atoms with Crippen LogP contribution in [0.15, 0.2) is 15.9 Å². The Balaban J connectivity index is 3.05. The molecule has 1 aromatic rings. The van der Waals surface area contributed by atoms with Crippen LogP contribution < -0.4 is 5.32 Å². The quantitative estimate of drug-likeness (QED) is 0.695. The minimum Gasteiger partial charge on any atom is -0.315 e. The van der Waals surface area contributed by atoms with Crippen LogP contribution in [0.5, 0.6) is 0 Å². The molecule has 0 fully saturated rings. The first kappa shape index (κ1) is 18.1. The van der Waals surface area contributed by atoms with Crippen molar-refractivity contribution in [1.82, 2.24) is 10.2 Å². The molecule has 0 bridgehead atoms. The Morgan fingerprint density at radius 3 is 2.20 bits per heavy atom. The number of nitrogens with one attached hydrogen (secondary N) is 1. The third-order valence-electron chi connectivity index (χ3n) is 4.70. The maximum absolute atomic E-state index is 3.67. The molecule has 1 unspecified atom stereocenters. The van der Waals surface area contributed by atoms with E-state index in [1.165, 1.54) is 22.2 Å². The zero-order valence-corrected chi connectivity index (χ0v) is 15.9. The third kappa shape index (κ3) is 3.65. The standard InChI is InChI=1S/C16H29BrN2S/c1-6-16(7-2,19(8-3)9-4)15(18-5)12-14-13(17)10-11-20-14/h10-11,15,18H,6-9,12H2,1-5H3. The molecule has 0 amide bonds. The number of nitrogens with zero attached hydrogens (tertiary/aromatic N) is 1. The van der Waals surface area contributed by atoms with Crippen molar-refractivity contribution in [3.63, 3.8) is 0 Å². The molecule has 0 radical (unpaired) electrons. The Bertz CT molecular complexity index is 384. The first-order valence-corrected chi connectivity index (χ1v) is 9.40. The van der Waals surface area contributed by atoms with E-state index in [9.17, 15) is 0 Å². The zero-order valence-electron chi connectivity index (χ0n) is 13.5. The SMILES string of the molecule is CCN(CC)C(CC)(CC)C(Cc1sccc1Br)NC.